The minimum atomic E-state index is 0.297. The van der Waals surface area contributed by atoms with Gasteiger partial charge in [-0.3, -0.25) is 0 Å². The van der Waals surface area contributed by atoms with Gasteiger partial charge in [-0.05, 0) is 18.2 Å². The van der Waals surface area contributed by atoms with Gasteiger partial charge in [0.1, 0.15) is 6.10 Å². The van der Waals surface area contributed by atoms with Gasteiger partial charge in [0, 0.05) is 17.3 Å². The van der Waals surface area contributed by atoms with Crippen LogP contribution in [-0.4, -0.2) is 32.5 Å². The maximum atomic E-state index is 5.85. The molecule has 1 N–H and O–H groups in total. The Labute approximate surface area is 94.3 Å². The highest BCUT2D eigenvalue weighted by Gasteiger charge is 2.17. The van der Waals surface area contributed by atoms with Gasteiger partial charge in [-0.15, -0.1) is 0 Å². The zero-order valence-corrected chi connectivity index (χ0v) is 9.17. The Hall–Kier alpha value is -0.770. The first-order chi connectivity index (χ1) is 7.34. The monoisotopic (exact) mass is 227 g/mol. The minimum absolute atomic E-state index is 0.297. The largest absolute Gasteiger partial charge is 0.383 e. The highest BCUT2D eigenvalue weighted by atomic mass is 35.5. The van der Waals surface area contributed by atoms with Crippen LogP contribution in [0, 0.1) is 0 Å². The third-order valence-corrected chi connectivity index (χ3v) is 2.45. The Kier molecular flexibility index (Phi) is 3.83. The molecule has 1 fully saturated rings. The predicted octanol–water partition coefficient (Wildman–Crippen LogP) is 2.17. The molecule has 1 aliphatic heterocycles. The van der Waals surface area contributed by atoms with Crippen molar-refractivity contribution in [3.05, 3.63) is 29.3 Å². The molecule has 4 heteroatoms. The molecule has 1 aromatic carbocycles. The first kappa shape index (κ1) is 10.7. The van der Waals surface area contributed by atoms with E-state index in [1.807, 2.05) is 24.3 Å². The Balaban J connectivity index is 1.64. The van der Waals surface area contributed by atoms with E-state index in [2.05, 4.69) is 5.32 Å². The van der Waals surface area contributed by atoms with Crippen LogP contribution >= 0.6 is 11.6 Å². The molecule has 0 amide bonds. The van der Waals surface area contributed by atoms with Crippen molar-refractivity contribution in [1.29, 1.82) is 0 Å². The van der Waals surface area contributed by atoms with Crippen LogP contribution in [-0.2, 0) is 9.47 Å². The molecule has 1 heterocycles. The van der Waals surface area contributed by atoms with Gasteiger partial charge < -0.3 is 14.8 Å². The Morgan fingerprint density at radius 2 is 2.33 bits per heavy atom. The lowest BCUT2D eigenvalue weighted by Gasteiger charge is -2.26. The van der Waals surface area contributed by atoms with Gasteiger partial charge in [-0.2, -0.15) is 0 Å². The highest BCUT2D eigenvalue weighted by Crippen LogP contribution is 2.14. The molecule has 0 bridgehead atoms. The van der Waals surface area contributed by atoms with Gasteiger partial charge in [0.25, 0.3) is 0 Å². The number of ether oxygens (including phenoxy) is 2. The summed E-state index contributed by atoms with van der Waals surface area (Å²) < 4.78 is 10.5. The Morgan fingerprint density at radius 3 is 3.00 bits per heavy atom. The van der Waals surface area contributed by atoms with Gasteiger partial charge in [0.15, 0.2) is 0 Å². The summed E-state index contributed by atoms with van der Waals surface area (Å²) in [6.45, 7) is 2.95. The number of benzene rings is 1. The molecule has 0 unspecified atom stereocenters. The molecule has 1 saturated heterocycles. The summed E-state index contributed by atoms with van der Waals surface area (Å²) in [4.78, 5) is 0. The second-order valence-electron chi connectivity index (χ2n) is 3.47. The maximum absolute atomic E-state index is 5.85. The van der Waals surface area contributed by atoms with Crippen LogP contribution in [0.3, 0.4) is 0 Å². The predicted molar refractivity (Wildman–Crippen MR) is 60.5 cm³/mol. The second kappa shape index (κ2) is 5.35. The van der Waals surface area contributed by atoms with E-state index in [1.165, 1.54) is 0 Å². The average molecular weight is 228 g/mol. The van der Waals surface area contributed by atoms with E-state index in [9.17, 15) is 0 Å². The van der Waals surface area contributed by atoms with Crippen LogP contribution in [0.4, 0.5) is 5.69 Å². The SMILES string of the molecule is Clc1cccc(NCCOC2COC2)c1. The summed E-state index contributed by atoms with van der Waals surface area (Å²) in [5.74, 6) is 0. The van der Waals surface area contributed by atoms with Crippen LogP contribution in [0.15, 0.2) is 24.3 Å². The first-order valence-electron chi connectivity index (χ1n) is 5.03. The molecular formula is C11H14ClNO2. The minimum Gasteiger partial charge on any atom is -0.383 e. The summed E-state index contributed by atoms with van der Waals surface area (Å²) in [5.41, 5.74) is 1.02. The summed E-state index contributed by atoms with van der Waals surface area (Å²) in [5, 5.41) is 3.98. The van der Waals surface area contributed by atoms with E-state index < -0.39 is 0 Å². The number of hydrogen-bond donors (Lipinski definition) is 1. The lowest BCUT2D eigenvalue weighted by atomic mass is 10.3. The van der Waals surface area contributed by atoms with Crippen molar-refractivity contribution in [2.24, 2.45) is 0 Å². The van der Waals surface area contributed by atoms with E-state index in [4.69, 9.17) is 21.1 Å². The van der Waals surface area contributed by atoms with Crippen molar-refractivity contribution in [3.63, 3.8) is 0 Å². The van der Waals surface area contributed by atoms with E-state index >= 15 is 0 Å². The molecule has 0 aromatic heterocycles. The molecular weight excluding hydrogens is 214 g/mol. The number of rotatable bonds is 5. The molecule has 0 aliphatic carbocycles. The second-order valence-corrected chi connectivity index (χ2v) is 3.90. The lowest BCUT2D eigenvalue weighted by molar-refractivity contribution is -0.127. The maximum Gasteiger partial charge on any atom is 0.104 e. The van der Waals surface area contributed by atoms with E-state index in [0.717, 1.165) is 30.5 Å². The van der Waals surface area contributed by atoms with Crippen molar-refractivity contribution in [2.45, 2.75) is 6.10 Å². The first-order valence-corrected chi connectivity index (χ1v) is 5.41. The zero-order valence-electron chi connectivity index (χ0n) is 8.41. The lowest BCUT2D eigenvalue weighted by Crippen LogP contribution is -2.37. The number of nitrogens with one attached hydrogen (secondary N) is 1. The van der Waals surface area contributed by atoms with Crippen LogP contribution in [0.2, 0.25) is 5.02 Å². The molecule has 15 heavy (non-hydrogen) atoms. The molecule has 1 aliphatic rings. The summed E-state index contributed by atoms with van der Waals surface area (Å²) in [6.07, 6.45) is 0.297. The van der Waals surface area contributed by atoms with E-state index in [1.54, 1.807) is 0 Å². The molecule has 0 radical (unpaired) electrons. The van der Waals surface area contributed by atoms with Crippen molar-refractivity contribution >= 4 is 17.3 Å². The van der Waals surface area contributed by atoms with Gasteiger partial charge in [-0.1, -0.05) is 17.7 Å². The van der Waals surface area contributed by atoms with Crippen LogP contribution < -0.4 is 5.32 Å². The third kappa shape index (κ3) is 3.38. The Bertz CT molecular complexity index is 315. The zero-order chi connectivity index (χ0) is 10.5. The van der Waals surface area contributed by atoms with Crippen molar-refractivity contribution in [2.75, 3.05) is 31.7 Å². The van der Waals surface area contributed by atoms with Gasteiger partial charge >= 0.3 is 0 Å². The fraction of sp³-hybridized carbons (Fsp3) is 0.455. The number of halogens is 1. The third-order valence-electron chi connectivity index (χ3n) is 2.22. The summed E-state index contributed by atoms with van der Waals surface area (Å²) >= 11 is 5.85. The highest BCUT2D eigenvalue weighted by molar-refractivity contribution is 6.30. The molecule has 0 atom stereocenters. The van der Waals surface area contributed by atoms with Gasteiger partial charge in [0.05, 0.1) is 19.8 Å². The number of hydrogen-bond acceptors (Lipinski definition) is 3. The molecule has 0 saturated carbocycles. The fourth-order valence-corrected chi connectivity index (χ4v) is 1.52. The normalized spacial score (nSPS) is 16.1. The molecule has 1 aromatic rings. The van der Waals surface area contributed by atoms with Crippen LogP contribution in [0.5, 0.6) is 0 Å². The molecule has 3 nitrogen and oxygen atoms in total. The van der Waals surface area contributed by atoms with E-state index in [0.29, 0.717) is 12.7 Å². The van der Waals surface area contributed by atoms with Gasteiger partial charge in [0.2, 0.25) is 0 Å². The molecule has 82 valence electrons. The van der Waals surface area contributed by atoms with Gasteiger partial charge in [-0.25, -0.2) is 0 Å². The van der Waals surface area contributed by atoms with Crippen LogP contribution in [0.25, 0.3) is 0 Å². The number of anilines is 1. The quantitative estimate of drug-likeness (QED) is 0.783. The summed E-state index contributed by atoms with van der Waals surface area (Å²) in [6, 6.07) is 7.66. The van der Waals surface area contributed by atoms with E-state index in [-0.39, 0.29) is 0 Å². The average Bonchev–Trinajstić information content (AvgIpc) is 2.15. The van der Waals surface area contributed by atoms with Crippen molar-refractivity contribution in [3.8, 4) is 0 Å². The fourth-order valence-electron chi connectivity index (χ4n) is 1.33. The van der Waals surface area contributed by atoms with Crippen molar-refractivity contribution in [1.82, 2.24) is 0 Å². The smallest absolute Gasteiger partial charge is 0.104 e. The Morgan fingerprint density at radius 1 is 1.47 bits per heavy atom. The molecule has 0 spiro atoms. The summed E-state index contributed by atoms with van der Waals surface area (Å²) in [7, 11) is 0. The van der Waals surface area contributed by atoms with Crippen molar-refractivity contribution < 1.29 is 9.47 Å². The topological polar surface area (TPSA) is 30.5 Å². The standard InChI is InChI=1S/C11H14ClNO2/c12-9-2-1-3-10(6-9)13-4-5-15-11-7-14-8-11/h1-3,6,11,13H,4-5,7-8H2. The molecule has 2 rings (SSSR count). The van der Waals surface area contributed by atoms with Crippen LogP contribution in [0.1, 0.15) is 0 Å².